The normalized spacial score (nSPS) is 23.2. The lowest BCUT2D eigenvalue weighted by Crippen LogP contribution is -2.47. The number of piperidine rings is 2. The van der Waals surface area contributed by atoms with Crippen LogP contribution in [-0.4, -0.2) is 49.7 Å². The van der Waals surface area contributed by atoms with Gasteiger partial charge in [-0.2, -0.15) is 0 Å². The van der Waals surface area contributed by atoms with Gasteiger partial charge in [-0.05, 0) is 49.3 Å². The van der Waals surface area contributed by atoms with Gasteiger partial charge in [0.2, 0.25) is 15.9 Å². The van der Waals surface area contributed by atoms with E-state index < -0.39 is 10.0 Å². The highest BCUT2D eigenvalue weighted by molar-refractivity contribution is 9.10. The van der Waals surface area contributed by atoms with Gasteiger partial charge >= 0.3 is 0 Å². The number of rotatable bonds is 4. The quantitative estimate of drug-likeness (QED) is 0.718. The van der Waals surface area contributed by atoms with Gasteiger partial charge in [-0.3, -0.25) is 4.79 Å². The van der Waals surface area contributed by atoms with E-state index in [1.807, 2.05) is 29.2 Å². The van der Waals surface area contributed by atoms with Crippen molar-refractivity contribution in [1.82, 2.24) is 9.21 Å². The van der Waals surface area contributed by atoms with Gasteiger partial charge in [-0.1, -0.05) is 35.0 Å². The molecule has 2 heterocycles. The molecule has 0 unspecified atom stereocenters. The Balaban J connectivity index is 1.56. The zero-order chi connectivity index (χ0) is 18.7. The molecule has 1 amide bonds. The molecule has 2 aliphatic rings. The second-order valence-electron chi connectivity index (χ2n) is 7.59. The van der Waals surface area contributed by atoms with Crippen molar-refractivity contribution in [3.8, 4) is 0 Å². The van der Waals surface area contributed by atoms with Crippen molar-refractivity contribution in [3.05, 3.63) is 34.3 Å². The highest BCUT2D eigenvalue weighted by atomic mass is 79.9. The number of likely N-dealkylation sites (tertiary alicyclic amines) is 1. The Hall–Kier alpha value is -0.920. The molecule has 2 saturated heterocycles. The van der Waals surface area contributed by atoms with E-state index >= 15 is 0 Å². The third kappa shape index (κ3) is 4.87. The van der Waals surface area contributed by atoms with E-state index in [4.69, 9.17) is 0 Å². The van der Waals surface area contributed by atoms with E-state index in [1.54, 1.807) is 4.31 Å². The van der Waals surface area contributed by atoms with Crippen LogP contribution in [0.5, 0.6) is 0 Å². The molecule has 2 aliphatic heterocycles. The van der Waals surface area contributed by atoms with E-state index in [9.17, 15) is 13.2 Å². The van der Waals surface area contributed by atoms with Crippen molar-refractivity contribution in [2.45, 2.75) is 38.4 Å². The molecular weight excluding hydrogens is 416 g/mol. The molecule has 1 aromatic carbocycles. The zero-order valence-corrected chi connectivity index (χ0v) is 17.6. The van der Waals surface area contributed by atoms with E-state index in [2.05, 4.69) is 22.9 Å². The lowest BCUT2D eigenvalue weighted by Gasteiger charge is -2.36. The second-order valence-corrected chi connectivity index (χ2v) is 10.5. The van der Waals surface area contributed by atoms with Crippen molar-refractivity contribution in [2.24, 2.45) is 11.8 Å². The summed E-state index contributed by atoms with van der Waals surface area (Å²) in [5.41, 5.74) is 0.778. The Morgan fingerprint density at radius 1 is 1.19 bits per heavy atom. The van der Waals surface area contributed by atoms with Crippen LogP contribution in [0.25, 0.3) is 0 Å². The number of hydrogen-bond donors (Lipinski definition) is 0. The number of hydrogen-bond acceptors (Lipinski definition) is 3. The highest BCUT2D eigenvalue weighted by Crippen LogP contribution is 2.26. The molecule has 144 valence electrons. The molecule has 26 heavy (non-hydrogen) atoms. The molecule has 0 radical (unpaired) electrons. The predicted molar refractivity (Wildman–Crippen MR) is 106 cm³/mol. The Bertz CT molecular complexity index is 745. The van der Waals surface area contributed by atoms with Crippen molar-refractivity contribution in [3.63, 3.8) is 0 Å². The minimum atomic E-state index is -3.35. The van der Waals surface area contributed by atoms with Crippen LogP contribution in [0.15, 0.2) is 28.7 Å². The minimum Gasteiger partial charge on any atom is -0.342 e. The van der Waals surface area contributed by atoms with Gasteiger partial charge in [-0.25, -0.2) is 12.7 Å². The largest absolute Gasteiger partial charge is 0.342 e. The average Bonchev–Trinajstić information content (AvgIpc) is 2.61. The number of benzene rings is 1. The van der Waals surface area contributed by atoms with Crippen LogP contribution in [0.1, 0.15) is 38.2 Å². The molecule has 1 aromatic rings. The maximum Gasteiger partial charge on any atom is 0.225 e. The van der Waals surface area contributed by atoms with Gasteiger partial charge in [0.15, 0.2) is 0 Å². The topological polar surface area (TPSA) is 57.7 Å². The summed E-state index contributed by atoms with van der Waals surface area (Å²) >= 11 is 3.38. The van der Waals surface area contributed by atoms with Gasteiger partial charge in [0.05, 0.1) is 5.75 Å². The first kappa shape index (κ1) is 19.8. The van der Waals surface area contributed by atoms with Crippen LogP contribution in [-0.2, 0) is 20.6 Å². The summed E-state index contributed by atoms with van der Waals surface area (Å²) in [6, 6.07) is 7.40. The molecule has 5 nitrogen and oxygen atoms in total. The fourth-order valence-electron chi connectivity index (χ4n) is 3.96. The monoisotopic (exact) mass is 442 g/mol. The van der Waals surface area contributed by atoms with Gasteiger partial charge in [0.25, 0.3) is 0 Å². The van der Waals surface area contributed by atoms with Crippen LogP contribution in [0.4, 0.5) is 0 Å². The molecule has 0 saturated carbocycles. The van der Waals surface area contributed by atoms with Crippen LogP contribution in [0, 0.1) is 11.8 Å². The van der Waals surface area contributed by atoms with Gasteiger partial charge in [0, 0.05) is 36.6 Å². The molecule has 3 rings (SSSR count). The number of sulfonamides is 1. The summed E-state index contributed by atoms with van der Waals surface area (Å²) in [6.45, 7) is 4.77. The molecule has 7 heteroatoms. The fourth-order valence-corrected chi connectivity index (χ4v) is 5.95. The maximum atomic E-state index is 12.7. The molecule has 0 spiro atoms. The van der Waals surface area contributed by atoms with E-state index in [0.717, 1.165) is 29.5 Å². The lowest BCUT2D eigenvalue weighted by atomic mass is 9.93. The third-order valence-electron chi connectivity index (χ3n) is 5.40. The first-order valence-corrected chi connectivity index (χ1v) is 11.8. The molecule has 0 bridgehead atoms. The summed E-state index contributed by atoms with van der Waals surface area (Å²) in [7, 11) is -3.35. The fraction of sp³-hybridized carbons (Fsp3) is 0.632. The highest BCUT2D eigenvalue weighted by Gasteiger charge is 2.34. The molecular formula is C19H27BrN2O3S. The summed E-state index contributed by atoms with van der Waals surface area (Å²) in [4.78, 5) is 14.7. The first-order valence-electron chi connectivity index (χ1n) is 9.36. The Kier molecular flexibility index (Phi) is 6.41. The van der Waals surface area contributed by atoms with E-state index in [-0.39, 0.29) is 17.6 Å². The lowest BCUT2D eigenvalue weighted by molar-refractivity contribution is -0.138. The van der Waals surface area contributed by atoms with Crippen LogP contribution >= 0.6 is 15.9 Å². The summed E-state index contributed by atoms with van der Waals surface area (Å²) in [5, 5.41) is 0. The van der Waals surface area contributed by atoms with Crippen LogP contribution < -0.4 is 0 Å². The van der Waals surface area contributed by atoms with Gasteiger partial charge in [-0.15, -0.1) is 0 Å². The molecule has 0 N–H and O–H groups in total. The molecule has 0 aromatic heterocycles. The number of amides is 1. The van der Waals surface area contributed by atoms with E-state index in [0.29, 0.717) is 31.8 Å². The van der Waals surface area contributed by atoms with Crippen molar-refractivity contribution >= 4 is 31.9 Å². The van der Waals surface area contributed by atoms with E-state index in [1.165, 1.54) is 6.42 Å². The Labute approximate surface area is 164 Å². The van der Waals surface area contributed by atoms with Gasteiger partial charge in [0.1, 0.15) is 0 Å². The number of carbonyl (C=O) groups is 1. The second kappa shape index (κ2) is 8.40. The first-order chi connectivity index (χ1) is 12.3. The average molecular weight is 443 g/mol. The zero-order valence-electron chi connectivity index (χ0n) is 15.2. The summed E-state index contributed by atoms with van der Waals surface area (Å²) in [6.07, 6.45) is 3.52. The number of carbonyl (C=O) groups excluding carboxylic acids is 1. The Morgan fingerprint density at radius 2 is 1.92 bits per heavy atom. The van der Waals surface area contributed by atoms with Crippen LogP contribution in [0.3, 0.4) is 0 Å². The molecule has 1 atom stereocenters. The smallest absolute Gasteiger partial charge is 0.225 e. The number of halogens is 1. The SMILES string of the molecule is C[C@@H]1CCCN(C(=O)C2CCN(S(=O)(=O)Cc3cccc(Br)c3)CC2)C1. The summed E-state index contributed by atoms with van der Waals surface area (Å²) in [5.74, 6) is 0.769. The molecule has 0 aliphatic carbocycles. The predicted octanol–water partition coefficient (Wildman–Crippen LogP) is 3.25. The standard InChI is InChI=1S/C19H27BrN2O3S/c1-15-4-3-9-21(13-15)19(23)17-7-10-22(11-8-17)26(24,25)14-16-5-2-6-18(20)12-16/h2,5-6,12,15,17H,3-4,7-11,13-14H2,1H3/t15-/m1/s1. The Morgan fingerprint density at radius 3 is 2.58 bits per heavy atom. The maximum absolute atomic E-state index is 12.7. The van der Waals surface area contributed by atoms with Crippen molar-refractivity contribution < 1.29 is 13.2 Å². The molecule has 2 fully saturated rings. The number of nitrogens with zero attached hydrogens (tertiary/aromatic N) is 2. The third-order valence-corrected chi connectivity index (χ3v) is 7.75. The van der Waals surface area contributed by atoms with Gasteiger partial charge < -0.3 is 4.90 Å². The summed E-state index contributed by atoms with van der Waals surface area (Å²) < 4.78 is 27.8. The van der Waals surface area contributed by atoms with Crippen molar-refractivity contribution in [2.75, 3.05) is 26.2 Å². The minimum absolute atomic E-state index is 0.00862. The van der Waals surface area contributed by atoms with Crippen molar-refractivity contribution in [1.29, 1.82) is 0 Å². The van der Waals surface area contributed by atoms with Crippen LogP contribution in [0.2, 0.25) is 0 Å².